The second kappa shape index (κ2) is 9.52. The Hall–Kier alpha value is -0.650. The maximum absolute atomic E-state index is 13.8. The minimum absolute atomic E-state index is 0.232. The van der Waals surface area contributed by atoms with Crippen LogP contribution in [0.4, 0.5) is 5.69 Å². The molecule has 0 radical (unpaired) electrons. The molecule has 2 aromatic carbocycles. The number of anilines is 1. The van der Waals surface area contributed by atoms with E-state index in [2.05, 4.69) is 37.2 Å². The highest BCUT2D eigenvalue weighted by molar-refractivity contribution is 9.10. The van der Waals surface area contributed by atoms with Crippen molar-refractivity contribution in [3.05, 3.63) is 63.0 Å². The number of nitrogens with one attached hydrogen (secondary N) is 1. The van der Waals surface area contributed by atoms with Crippen LogP contribution in [0.3, 0.4) is 0 Å². The molecule has 1 atom stereocenters. The molecule has 7 heteroatoms. The van der Waals surface area contributed by atoms with Gasteiger partial charge in [0.2, 0.25) is 0 Å². The molecule has 0 aliphatic carbocycles. The highest BCUT2D eigenvalue weighted by Gasteiger charge is 2.39. The lowest BCUT2D eigenvalue weighted by atomic mass is 10.2. The Labute approximate surface area is 172 Å². The molecule has 0 aliphatic heterocycles. The fourth-order valence-electron chi connectivity index (χ4n) is 2.43. The Morgan fingerprint density at radius 1 is 0.808 bits per heavy atom. The van der Waals surface area contributed by atoms with E-state index in [1.165, 1.54) is 0 Å². The molecule has 0 saturated heterocycles. The quantitative estimate of drug-likeness (QED) is 0.381. The molecule has 0 spiro atoms. The van der Waals surface area contributed by atoms with Crippen molar-refractivity contribution in [2.24, 2.45) is 0 Å². The van der Waals surface area contributed by atoms with Crippen LogP contribution < -0.4 is 5.32 Å². The summed E-state index contributed by atoms with van der Waals surface area (Å²) in [7, 11) is -3.49. The molecule has 0 fully saturated rings. The van der Waals surface area contributed by atoms with E-state index in [1.54, 1.807) is 0 Å². The summed E-state index contributed by atoms with van der Waals surface area (Å²) >= 11 is 6.88. The van der Waals surface area contributed by atoms with Crippen molar-refractivity contribution in [2.75, 3.05) is 5.32 Å². The number of hydrogen-bond donors (Lipinski definition) is 1. The molecular formula is C19H24Br2NO3P. The first-order valence-corrected chi connectivity index (χ1v) is 11.6. The lowest BCUT2D eigenvalue weighted by molar-refractivity contribution is 0.138. The van der Waals surface area contributed by atoms with E-state index < -0.39 is 13.4 Å². The zero-order valence-electron chi connectivity index (χ0n) is 15.3. The van der Waals surface area contributed by atoms with Gasteiger partial charge in [-0.25, -0.2) is 0 Å². The molecule has 0 aromatic heterocycles. The van der Waals surface area contributed by atoms with Crippen molar-refractivity contribution < 1.29 is 13.6 Å². The average Bonchev–Trinajstić information content (AvgIpc) is 2.53. The Bertz CT molecular complexity index is 734. The molecular weight excluding hydrogens is 481 g/mol. The van der Waals surface area contributed by atoms with Crippen molar-refractivity contribution in [1.29, 1.82) is 0 Å². The van der Waals surface area contributed by atoms with Crippen LogP contribution in [0, 0.1) is 0 Å². The van der Waals surface area contributed by atoms with Crippen LogP contribution in [-0.4, -0.2) is 12.2 Å². The first kappa shape index (κ1) is 21.6. The zero-order chi connectivity index (χ0) is 19.3. The van der Waals surface area contributed by atoms with E-state index in [0.29, 0.717) is 0 Å². The topological polar surface area (TPSA) is 47.6 Å². The fourth-order valence-corrected chi connectivity index (χ4v) is 5.27. The summed E-state index contributed by atoms with van der Waals surface area (Å²) in [6, 6.07) is 15.4. The standard InChI is InChI=1S/C19H24Br2NO3P/c1-13(2)24-26(23,25-14(3)4)19(15-5-7-16(20)8-6-15)22-18-11-9-17(21)10-12-18/h5-14,19,22H,1-4H3/t19-/m1/s1. The molecule has 0 heterocycles. The lowest BCUT2D eigenvalue weighted by Crippen LogP contribution is -2.19. The maximum atomic E-state index is 13.8. The van der Waals surface area contributed by atoms with Crippen molar-refractivity contribution >= 4 is 45.1 Å². The molecule has 2 aromatic rings. The first-order chi connectivity index (χ1) is 12.2. The Kier molecular flexibility index (Phi) is 7.92. The van der Waals surface area contributed by atoms with E-state index in [0.717, 1.165) is 20.2 Å². The smallest absolute Gasteiger partial charge is 0.357 e. The van der Waals surface area contributed by atoms with Crippen LogP contribution in [-0.2, 0) is 13.6 Å². The van der Waals surface area contributed by atoms with E-state index in [9.17, 15) is 4.57 Å². The third-order valence-corrected chi connectivity index (χ3v) is 6.91. The number of hydrogen-bond acceptors (Lipinski definition) is 4. The molecule has 0 aliphatic rings. The van der Waals surface area contributed by atoms with E-state index >= 15 is 0 Å². The molecule has 4 nitrogen and oxygen atoms in total. The second-order valence-electron chi connectivity index (χ2n) is 6.45. The monoisotopic (exact) mass is 503 g/mol. The van der Waals surface area contributed by atoms with E-state index in [-0.39, 0.29) is 12.2 Å². The predicted octanol–water partition coefficient (Wildman–Crippen LogP) is 7.37. The van der Waals surface area contributed by atoms with Crippen molar-refractivity contribution in [2.45, 2.75) is 45.7 Å². The Morgan fingerprint density at radius 2 is 1.23 bits per heavy atom. The van der Waals surface area contributed by atoms with Crippen LogP contribution >= 0.6 is 39.5 Å². The average molecular weight is 505 g/mol. The number of halogens is 2. The highest BCUT2D eigenvalue weighted by atomic mass is 79.9. The van der Waals surface area contributed by atoms with E-state index in [4.69, 9.17) is 9.05 Å². The van der Waals surface area contributed by atoms with Gasteiger partial charge in [-0.05, 0) is 69.7 Å². The van der Waals surface area contributed by atoms with Gasteiger partial charge in [0.1, 0.15) is 0 Å². The summed E-state index contributed by atoms with van der Waals surface area (Å²) in [6.07, 6.45) is -0.464. The molecule has 0 bridgehead atoms. The van der Waals surface area contributed by atoms with Gasteiger partial charge in [-0.1, -0.05) is 44.0 Å². The summed E-state index contributed by atoms with van der Waals surface area (Å²) in [5.74, 6) is -0.624. The van der Waals surface area contributed by atoms with Gasteiger partial charge in [0.15, 0.2) is 5.78 Å². The van der Waals surface area contributed by atoms with Crippen molar-refractivity contribution in [3.63, 3.8) is 0 Å². The Balaban J connectivity index is 2.47. The molecule has 142 valence electrons. The molecule has 0 amide bonds. The van der Waals surface area contributed by atoms with Crippen LogP contribution in [0.25, 0.3) is 0 Å². The van der Waals surface area contributed by atoms with Gasteiger partial charge in [-0.2, -0.15) is 0 Å². The van der Waals surface area contributed by atoms with Crippen LogP contribution in [0.1, 0.15) is 39.0 Å². The number of benzene rings is 2. The third kappa shape index (κ3) is 6.21. The molecule has 1 N–H and O–H groups in total. The molecule has 0 unspecified atom stereocenters. The zero-order valence-corrected chi connectivity index (χ0v) is 19.3. The second-order valence-corrected chi connectivity index (χ2v) is 10.3. The highest BCUT2D eigenvalue weighted by Crippen LogP contribution is 2.62. The molecule has 26 heavy (non-hydrogen) atoms. The molecule has 0 saturated carbocycles. The predicted molar refractivity (Wildman–Crippen MR) is 115 cm³/mol. The number of rotatable bonds is 8. The fraction of sp³-hybridized carbons (Fsp3) is 0.368. The minimum Gasteiger partial charge on any atom is -0.368 e. The summed E-state index contributed by atoms with van der Waals surface area (Å²) in [5.41, 5.74) is 1.67. The SMILES string of the molecule is CC(C)OP(=O)(OC(C)C)[C@@H](Nc1ccc(Br)cc1)c1ccc(Br)cc1. The Morgan fingerprint density at radius 3 is 1.65 bits per heavy atom. The maximum Gasteiger partial charge on any atom is 0.357 e. The van der Waals surface area contributed by atoms with Gasteiger partial charge in [0.05, 0.1) is 12.2 Å². The molecule has 2 rings (SSSR count). The van der Waals surface area contributed by atoms with Gasteiger partial charge >= 0.3 is 7.60 Å². The summed E-state index contributed by atoms with van der Waals surface area (Å²) in [4.78, 5) is 0. The van der Waals surface area contributed by atoms with Crippen molar-refractivity contribution in [3.8, 4) is 0 Å². The van der Waals surface area contributed by atoms with Gasteiger partial charge < -0.3 is 14.4 Å². The largest absolute Gasteiger partial charge is 0.368 e. The normalized spacial score (nSPS) is 13.2. The van der Waals surface area contributed by atoms with Crippen LogP contribution in [0.15, 0.2) is 57.5 Å². The third-order valence-electron chi connectivity index (χ3n) is 3.37. The van der Waals surface area contributed by atoms with Gasteiger partial charge in [0.25, 0.3) is 0 Å². The minimum atomic E-state index is -3.49. The summed E-state index contributed by atoms with van der Waals surface area (Å²) in [5, 5.41) is 3.34. The van der Waals surface area contributed by atoms with Gasteiger partial charge in [0, 0.05) is 14.6 Å². The van der Waals surface area contributed by atoms with Gasteiger partial charge in [-0.3, -0.25) is 4.57 Å². The van der Waals surface area contributed by atoms with Crippen LogP contribution in [0.5, 0.6) is 0 Å². The van der Waals surface area contributed by atoms with Crippen LogP contribution in [0.2, 0.25) is 0 Å². The lowest BCUT2D eigenvalue weighted by Gasteiger charge is -2.31. The van der Waals surface area contributed by atoms with Gasteiger partial charge in [-0.15, -0.1) is 0 Å². The first-order valence-electron chi connectivity index (χ1n) is 8.43. The summed E-state index contributed by atoms with van der Waals surface area (Å²) in [6.45, 7) is 7.42. The van der Waals surface area contributed by atoms with E-state index in [1.807, 2.05) is 76.2 Å². The summed E-state index contributed by atoms with van der Waals surface area (Å²) < 4.78 is 27.4. The van der Waals surface area contributed by atoms with Crippen molar-refractivity contribution in [1.82, 2.24) is 0 Å².